The minimum atomic E-state index is -0.130. The van der Waals surface area contributed by atoms with E-state index >= 15 is 0 Å². The molecule has 0 bridgehead atoms. The van der Waals surface area contributed by atoms with Gasteiger partial charge < -0.3 is 5.32 Å². The third-order valence-electron chi connectivity index (χ3n) is 3.85. The molecule has 17 heavy (non-hydrogen) atoms. The first kappa shape index (κ1) is 12.6. The fourth-order valence-corrected chi connectivity index (χ4v) is 2.74. The van der Waals surface area contributed by atoms with Gasteiger partial charge in [0.25, 0.3) is 0 Å². The second-order valence-electron chi connectivity index (χ2n) is 5.12. The standard InChI is InChI=1S/C15H22FN/c1-2-12-6-7-15(11-12)17-9-8-13-4-3-5-14(16)10-13/h3-5,10,12,15,17H,2,6-9,11H2,1H3. The molecule has 2 heteroatoms. The first-order valence-corrected chi connectivity index (χ1v) is 6.75. The summed E-state index contributed by atoms with van der Waals surface area (Å²) < 4.78 is 13.0. The Bertz CT molecular complexity index is 351. The summed E-state index contributed by atoms with van der Waals surface area (Å²) in [5.41, 5.74) is 1.09. The quantitative estimate of drug-likeness (QED) is 0.823. The molecule has 0 aromatic heterocycles. The average Bonchev–Trinajstić information content (AvgIpc) is 2.77. The van der Waals surface area contributed by atoms with Gasteiger partial charge in [-0.25, -0.2) is 4.39 Å². The Morgan fingerprint density at radius 2 is 2.24 bits per heavy atom. The number of halogens is 1. The van der Waals surface area contributed by atoms with Gasteiger partial charge in [-0.15, -0.1) is 0 Å². The van der Waals surface area contributed by atoms with Crippen molar-refractivity contribution in [1.29, 1.82) is 0 Å². The van der Waals surface area contributed by atoms with Crippen LogP contribution in [0.4, 0.5) is 4.39 Å². The zero-order valence-corrected chi connectivity index (χ0v) is 10.6. The lowest BCUT2D eigenvalue weighted by Crippen LogP contribution is -2.28. The van der Waals surface area contributed by atoms with Gasteiger partial charge in [-0.3, -0.25) is 0 Å². The molecule has 0 amide bonds. The van der Waals surface area contributed by atoms with Gasteiger partial charge in [0.15, 0.2) is 0 Å². The molecular weight excluding hydrogens is 213 g/mol. The van der Waals surface area contributed by atoms with Crippen LogP contribution in [0.2, 0.25) is 0 Å². The van der Waals surface area contributed by atoms with Crippen LogP contribution in [0.3, 0.4) is 0 Å². The molecule has 2 rings (SSSR count). The van der Waals surface area contributed by atoms with Crippen molar-refractivity contribution >= 4 is 0 Å². The Morgan fingerprint density at radius 1 is 1.35 bits per heavy atom. The highest BCUT2D eigenvalue weighted by molar-refractivity contribution is 5.16. The molecular formula is C15H22FN. The summed E-state index contributed by atoms with van der Waals surface area (Å²) in [7, 11) is 0. The summed E-state index contributed by atoms with van der Waals surface area (Å²) in [6, 6.07) is 7.60. The fraction of sp³-hybridized carbons (Fsp3) is 0.600. The number of hydrogen-bond donors (Lipinski definition) is 1. The lowest BCUT2D eigenvalue weighted by Gasteiger charge is -2.12. The Kier molecular flexibility index (Phi) is 4.55. The van der Waals surface area contributed by atoms with Crippen LogP contribution >= 0.6 is 0 Å². The van der Waals surface area contributed by atoms with E-state index in [1.165, 1.54) is 31.7 Å². The van der Waals surface area contributed by atoms with Crippen molar-refractivity contribution in [3.63, 3.8) is 0 Å². The van der Waals surface area contributed by atoms with Gasteiger partial charge in [-0.2, -0.15) is 0 Å². The molecule has 1 aliphatic rings. The third kappa shape index (κ3) is 3.81. The first-order chi connectivity index (χ1) is 8.28. The molecule has 1 fully saturated rings. The molecule has 1 nitrogen and oxygen atoms in total. The largest absolute Gasteiger partial charge is 0.314 e. The maximum atomic E-state index is 13.0. The summed E-state index contributed by atoms with van der Waals surface area (Å²) in [5, 5.41) is 3.59. The monoisotopic (exact) mass is 235 g/mol. The van der Waals surface area contributed by atoms with Gasteiger partial charge in [-0.05, 0) is 55.8 Å². The minimum absolute atomic E-state index is 0.130. The number of benzene rings is 1. The van der Waals surface area contributed by atoms with Crippen LogP contribution in [0.1, 0.15) is 38.2 Å². The number of hydrogen-bond acceptors (Lipinski definition) is 1. The molecule has 0 aliphatic heterocycles. The zero-order valence-electron chi connectivity index (χ0n) is 10.6. The maximum Gasteiger partial charge on any atom is 0.123 e. The van der Waals surface area contributed by atoms with E-state index in [2.05, 4.69) is 12.2 Å². The molecule has 0 radical (unpaired) electrons. The Hall–Kier alpha value is -0.890. The van der Waals surface area contributed by atoms with E-state index in [-0.39, 0.29) is 5.82 Å². The van der Waals surface area contributed by atoms with E-state index in [1.807, 2.05) is 6.07 Å². The molecule has 1 aliphatic carbocycles. The van der Waals surface area contributed by atoms with Crippen molar-refractivity contribution in [2.24, 2.45) is 5.92 Å². The molecule has 2 unspecified atom stereocenters. The highest BCUT2D eigenvalue weighted by Crippen LogP contribution is 2.27. The smallest absolute Gasteiger partial charge is 0.123 e. The van der Waals surface area contributed by atoms with Gasteiger partial charge >= 0.3 is 0 Å². The van der Waals surface area contributed by atoms with Gasteiger partial charge in [0.1, 0.15) is 5.82 Å². The van der Waals surface area contributed by atoms with Crippen molar-refractivity contribution in [2.75, 3.05) is 6.54 Å². The van der Waals surface area contributed by atoms with Crippen LogP contribution in [0, 0.1) is 11.7 Å². The van der Waals surface area contributed by atoms with Gasteiger partial charge in [-0.1, -0.05) is 25.5 Å². The fourth-order valence-electron chi connectivity index (χ4n) is 2.74. The molecule has 1 N–H and O–H groups in total. The Balaban J connectivity index is 1.70. The lowest BCUT2D eigenvalue weighted by molar-refractivity contribution is 0.479. The van der Waals surface area contributed by atoms with Crippen LogP contribution in [-0.4, -0.2) is 12.6 Å². The van der Waals surface area contributed by atoms with E-state index in [0.717, 1.165) is 24.4 Å². The predicted molar refractivity (Wildman–Crippen MR) is 69.5 cm³/mol. The molecule has 94 valence electrons. The maximum absolute atomic E-state index is 13.0. The molecule has 1 aromatic carbocycles. The summed E-state index contributed by atoms with van der Waals surface area (Å²) in [6.07, 6.45) is 6.22. The summed E-state index contributed by atoms with van der Waals surface area (Å²) in [4.78, 5) is 0. The molecule has 0 saturated heterocycles. The third-order valence-corrected chi connectivity index (χ3v) is 3.85. The van der Waals surface area contributed by atoms with Gasteiger partial charge in [0.05, 0.1) is 0 Å². The van der Waals surface area contributed by atoms with E-state index < -0.39 is 0 Å². The van der Waals surface area contributed by atoms with Crippen molar-refractivity contribution in [1.82, 2.24) is 5.32 Å². The van der Waals surface area contributed by atoms with E-state index in [0.29, 0.717) is 6.04 Å². The highest BCUT2D eigenvalue weighted by atomic mass is 19.1. The predicted octanol–water partition coefficient (Wildman–Crippen LogP) is 3.54. The molecule has 0 heterocycles. The van der Waals surface area contributed by atoms with Crippen molar-refractivity contribution in [2.45, 2.75) is 45.1 Å². The highest BCUT2D eigenvalue weighted by Gasteiger charge is 2.22. The summed E-state index contributed by atoms with van der Waals surface area (Å²) >= 11 is 0. The minimum Gasteiger partial charge on any atom is -0.314 e. The topological polar surface area (TPSA) is 12.0 Å². The second-order valence-corrected chi connectivity index (χ2v) is 5.12. The van der Waals surface area contributed by atoms with Crippen molar-refractivity contribution in [3.05, 3.63) is 35.6 Å². The zero-order chi connectivity index (χ0) is 12.1. The van der Waals surface area contributed by atoms with Crippen LogP contribution in [-0.2, 0) is 6.42 Å². The van der Waals surface area contributed by atoms with E-state index in [9.17, 15) is 4.39 Å². The summed E-state index contributed by atoms with van der Waals surface area (Å²) in [5.74, 6) is 0.788. The number of rotatable bonds is 5. The van der Waals surface area contributed by atoms with Crippen LogP contribution in [0.25, 0.3) is 0 Å². The molecule has 2 atom stereocenters. The Morgan fingerprint density at radius 3 is 2.94 bits per heavy atom. The molecule has 1 saturated carbocycles. The normalized spacial score (nSPS) is 24.1. The molecule has 0 spiro atoms. The average molecular weight is 235 g/mol. The van der Waals surface area contributed by atoms with Crippen molar-refractivity contribution < 1.29 is 4.39 Å². The van der Waals surface area contributed by atoms with Gasteiger partial charge in [0.2, 0.25) is 0 Å². The number of nitrogens with one attached hydrogen (secondary N) is 1. The van der Waals surface area contributed by atoms with Crippen LogP contribution in [0.5, 0.6) is 0 Å². The SMILES string of the molecule is CCC1CCC(NCCc2cccc(F)c2)C1. The second kappa shape index (κ2) is 6.15. The first-order valence-electron chi connectivity index (χ1n) is 6.75. The van der Waals surface area contributed by atoms with E-state index in [4.69, 9.17) is 0 Å². The Labute approximate surface area is 103 Å². The van der Waals surface area contributed by atoms with Crippen LogP contribution in [0.15, 0.2) is 24.3 Å². The lowest BCUT2D eigenvalue weighted by atomic mass is 10.1. The summed E-state index contributed by atoms with van der Waals surface area (Å²) in [6.45, 7) is 3.24. The van der Waals surface area contributed by atoms with Gasteiger partial charge in [0, 0.05) is 6.04 Å². The molecule has 1 aromatic rings. The van der Waals surface area contributed by atoms with Crippen LogP contribution < -0.4 is 5.32 Å². The van der Waals surface area contributed by atoms with Crippen molar-refractivity contribution in [3.8, 4) is 0 Å². The van der Waals surface area contributed by atoms with E-state index in [1.54, 1.807) is 12.1 Å².